The lowest BCUT2D eigenvalue weighted by molar-refractivity contribution is 0.262. The van der Waals surface area contributed by atoms with Gasteiger partial charge < -0.3 is 14.8 Å². The van der Waals surface area contributed by atoms with Crippen LogP contribution in [-0.2, 0) is 0 Å². The van der Waals surface area contributed by atoms with Crippen molar-refractivity contribution < 1.29 is 0 Å². The molecule has 0 aromatic carbocycles. The predicted molar refractivity (Wildman–Crippen MR) is 68.9 cm³/mol. The van der Waals surface area contributed by atoms with E-state index in [0.29, 0.717) is 6.04 Å². The fraction of sp³-hybridized carbons (Fsp3) is 0.750. The molecule has 1 N–H and O–H groups in total. The summed E-state index contributed by atoms with van der Waals surface area (Å²) in [6, 6.07) is 0.455. The topological polar surface area (TPSA) is 33.1 Å². The van der Waals surface area contributed by atoms with Crippen LogP contribution in [0.25, 0.3) is 0 Å². The van der Waals surface area contributed by atoms with E-state index >= 15 is 0 Å². The second-order valence-corrected chi connectivity index (χ2v) is 4.02. The van der Waals surface area contributed by atoms with E-state index in [9.17, 15) is 0 Å². The van der Waals surface area contributed by atoms with Crippen LogP contribution in [-0.4, -0.2) is 40.6 Å². The SMILES string of the molecule is CCNc1nccn1C(C)CN(CC)CC. The maximum Gasteiger partial charge on any atom is 0.203 e. The summed E-state index contributed by atoms with van der Waals surface area (Å²) in [5.41, 5.74) is 0. The number of imidazole rings is 1. The van der Waals surface area contributed by atoms with E-state index in [0.717, 1.165) is 32.1 Å². The van der Waals surface area contributed by atoms with Gasteiger partial charge in [-0.05, 0) is 26.9 Å². The summed E-state index contributed by atoms with van der Waals surface area (Å²) in [6.07, 6.45) is 3.91. The summed E-state index contributed by atoms with van der Waals surface area (Å²) in [6.45, 7) is 12.9. The molecule has 0 aliphatic rings. The number of rotatable bonds is 7. The number of aromatic nitrogens is 2. The first-order valence-electron chi connectivity index (χ1n) is 6.21. The van der Waals surface area contributed by atoms with Crippen molar-refractivity contribution in [3.63, 3.8) is 0 Å². The minimum Gasteiger partial charge on any atom is -0.356 e. The van der Waals surface area contributed by atoms with Gasteiger partial charge in [0.15, 0.2) is 0 Å². The molecule has 1 heterocycles. The van der Waals surface area contributed by atoms with Crippen LogP contribution in [0.15, 0.2) is 12.4 Å². The number of hydrogen-bond donors (Lipinski definition) is 1. The Kier molecular flexibility index (Phi) is 5.32. The Morgan fingerprint density at radius 2 is 2.06 bits per heavy atom. The summed E-state index contributed by atoms with van der Waals surface area (Å²) in [4.78, 5) is 6.75. The first-order chi connectivity index (χ1) is 7.72. The van der Waals surface area contributed by atoms with Crippen LogP contribution in [0.3, 0.4) is 0 Å². The zero-order valence-electron chi connectivity index (χ0n) is 10.9. The molecule has 1 aromatic rings. The molecule has 92 valence electrons. The number of anilines is 1. The zero-order chi connectivity index (χ0) is 12.0. The number of nitrogens with one attached hydrogen (secondary N) is 1. The van der Waals surface area contributed by atoms with E-state index in [4.69, 9.17) is 0 Å². The average Bonchev–Trinajstić information content (AvgIpc) is 2.74. The number of likely N-dealkylation sites (N-methyl/N-ethyl adjacent to an activating group) is 1. The molecule has 0 saturated heterocycles. The third-order valence-corrected chi connectivity index (χ3v) is 2.90. The Hall–Kier alpha value is -1.03. The molecular weight excluding hydrogens is 200 g/mol. The van der Waals surface area contributed by atoms with E-state index in [-0.39, 0.29) is 0 Å². The molecule has 4 heteroatoms. The van der Waals surface area contributed by atoms with E-state index in [1.54, 1.807) is 0 Å². The van der Waals surface area contributed by atoms with E-state index in [1.165, 1.54) is 0 Å². The van der Waals surface area contributed by atoms with Crippen LogP contribution >= 0.6 is 0 Å². The minimum absolute atomic E-state index is 0.455. The first kappa shape index (κ1) is 13.0. The average molecular weight is 224 g/mol. The van der Waals surface area contributed by atoms with Crippen molar-refractivity contribution in [3.8, 4) is 0 Å². The van der Waals surface area contributed by atoms with Crippen LogP contribution in [0.1, 0.15) is 33.7 Å². The molecule has 16 heavy (non-hydrogen) atoms. The highest BCUT2D eigenvalue weighted by molar-refractivity contribution is 5.26. The molecule has 0 spiro atoms. The highest BCUT2D eigenvalue weighted by Crippen LogP contribution is 2.14. The van der Waals surface area contributed by atoms with Crippen LogP contribution in [0, 0.1) is 0 Å². The van der Waals surface area contributed by atoms with Crippen molar-refractivity contribution in [2.45, 2.75) is 33.7 Å². The maximum atomic E-state index is 4.32. The summed E-state index contributed by atoms with van der Waals surface area (Å²) < 4.78 is 2.21. The summed E-state index contributed by atoms with van der Waals surface area (Å²) in [7, 11) is 0. The summed E-state index contributed by atoms with van der Waals surface area (Å²) in [5.74, 6) is 0.974. The monoisotopic (exact) mass is 224 g/mol. The van der Waals surface area contributed by atoms with Crippen molar-refractivity contribution in [3.05, 3.63) is 12.4 Å². The van der Waals surface area contributed by atoms with Gasteiger partial charge in [-0.1, -0.05) is 13.8 Å². The molecule has 1 rings (SSSR count). The molecule has 0 aliphatic carbocycles. The molecule has 0 saturated carbocycles. The molecule has 0 aliphatic heterocycles. The third-order valence-electron chi connectivity index (χ3n) is 2.90. The normalized spacial score (nSPS) is 13.1. The number of nitrogens with zero attached hydrogens (tertiary/aromatic N) is 3. The van der Waals surface area contributed by atoms with Gasteiger partial charge in [0.1, 0.15) is 0 Å². The van der Waals surface area contributed by atoms with Crippen molar-refractivity contribution >= 4 is 5.95 Å². The molecule has 0 fully saturated rings. The van der Waals surface area contributed by atoms with Gasteiger partial charge in [-0.2, -0.15) is 0 Å². The highest BCUT2D eigenvalue weighted by atomic mass is 15.2. The lowest BCUT2D eigenvalue weighted by Gasteiger charge is -2.24. The van der Waals surface area contributed by atoms with Gasteiger partial charge in [0, 0.05) is 31.5 Å². The van der Waals surface area contributed by atoms with Crippen molar-refractivity contribution in [2.24, 2.45) is 0 Å². The van der Waals surface area contributed by atoms with E-state index in [2.05, 4.69) is 47.5 Å². The van der Waals surface area contributed by atoms with Crippen molar-refractivity contribution in [1.29, 1.82) is 0 Å². The molecule has 1 aromatic heterocycles. The van der Waals surface area contributed by atoms with Crippen LogP contribution in [0.2, 0.25) is 0 Å². The Balaban J connectivity index is 2.64. The Labute approximate surface area is 98.7 Å². The van der Waals surface area contributed by atoms with Crippen molar-refractivity contribution in [2.75, 3.05) is 31.5 Å². The second-order valence-electron chi connectivity index (χ2n) is 4.02. The van der Waals surface area contributed by atoms with Crippen molar-refractivity contribution in [1.82, 2.24) is 14.5 Å². The molecule has 0 radical (unpaired) electrons. The zero-order valence-corrected chi connectivity index (χ0v) is 10.9. The van der Waals surface area contributed by atoms with Gasteiger partial charge in [0.25, 0.3) is 0 Å². The standard InChI is InChI=1S/C12H24N4/c1-5-13-12-14-8-9-16(12)11(4)10-15(6-2)7-3/h8-9,11H,5-7,10H2,1-4H3,(H,13,14). The predicted octanol–water partition coefficient (Wildman–Crippen LogP) is 2.22. The molecule has 0 amide bonds. The van der Waals surface area contributed by atoms with Crippen LogP contribution < -0.4 is 5.32 Å². The fourth-order valence-corrected chi connectivity index (χ4v) is 1.91. The van der Waals surface area contributed by atoms with Crippen LogP contribution in [0.4, 0.5) is 5.95 Å². The summed E-state index contributed by atoms with van der Waals surface area (Å²) >= 11 is 0. The van der Waals surface area contributed by atoms with Gasteiger partial charge in [0.2, 0.25) is 5.95 Å². The fourth-order valence-electron chi connectivity index (χ4n) is 1.91. The van der Waals surface area contributed by atoms with Crippen LogP contribution in [0.5, 0.6) is 0 Å². The smallest absolute Gasteiger partial charge is 0.203 e. The molecular formula is C12H24N4. The second kappa shape index (κ2) is 6.53. The minimum atomic E-state index is 0.455. The van der Waals surface area contributed by atoms with Gasteiger partial charge in [0.05, 0.1) is 0 Å². The summed E-state index contributed by atoms with van der Waals surface area (Å²) in [5, 5.41) is 3.28. The molecule has 4 nitrogen and oxygen atoms in total. The lowest BCUT2D eigenvalue weighted by Crippen LogP contribution is -2.29. The Bertz CT molecular complexity index is 291. The van der Waals surface area contributed by atoms with Gasteiger partial charge in [-0.25, -0.2) is 4.98 Å². The quantitative estimate of drug-likeness (QED) is 0.771. The lowest BCUT2D eigenvalue weighted by atomic mass is 10.3. The largest absolute Gasteiger partial charge is 0.356 e. The Morgan fingerprint density at radius 3 is 2.62 bits per heavy atom. The Morgan fingerprint density at radius 1 is 1.38 bits per heavy atom. The van der Waals surface area contributed by atoms with Gasteiger partial charge in [-0.15, -0.1) is 0 Å². The van der Waals surface area contributed by atoms with E-state index < -0.39 is 0 Å². The van der Waals surface area contributed by atoms with E-state index in [1.807, 2.05) is 12.4 Å². The molecule has 0 bridgehead atoms. The maximum absolute atomic E-state index is 4.32. The third kappa shape index (κ3) is 3.23. The highest BCUT2D eigenvalue weighted by Gasteiger charge is 2.11. The molecule has 1 atom stereocenters. The molecule has 1 unspecified atom stereocenters. The number of hydrogen-bond acceptors (Lipinski definition) is 3. The first-order valence-corrected chi connectivity index (χ1v) is 6.21. The van der Waals surface area contributed by atoms with Gasteiger partial charge >= 0.3 is 0 Å². The van der Waals surface area contributed by atoms with Gasteiger partial charge in [-0.3, -0.25) is 0 Å².